The summed E-state index contributed by atoms with van der Waals surface area (Å²) in [5.41, 5.74) is 1.21. The van der Waals surface area contributed by atoms with Gasteiger partial charge in [0.2, 0.25) is 11.8 Å². The van der Waals surface area contributed by atoms with Crippen LogP contribution in [0.5, 0.6) is 0 Å². The van der Waals surface area contributed by atoms with Crippen molar-refractivity contribution in [3.63, 3.8) is 0 Å². The Morgan fingerprint density at radius 3 is 2.90 bits per heavy atom. The molecule has 5 nitrogen and oxygen atoms in total. The second-order valence-electron chi connectivity index (χ2n) is 4.94. The fraction of sp³-hybridized carbons (Fsp3) is 0.267. The lowest BCUT2D eigenvalue weighted by Gasteiger charge is -2.08. The quantitative estimate of drug-likeness (QED) is 0.906. The normalized spacial score (nSPS) is 17.5. The standard InChI is InChI=1S/C15H15N3O2S/c19-13-7-6-12(17-13)14(20)18-15-16-9-11(21-15)8-10-4-2-1-3-5-10/h1-5,9,12H,6-8H2,(H,17,19)(H,16,18,20). The van der Waals surface area contributed by atoms with Crippen molar-refractivity contribution in [3.05, 3.63) is 47.0 Å². The molecule has 0 saturated carbocycles. The molecule has 1 atom stereocenters. The van der Waals surface area contributed by atoms with Gasteiger partial charge in [0.25, 0.3) is 0 Å². The molecule has 1 aromatic carbocycles. The first-order chi connectivity index (χ1) is 10.2. The smallest absolute Gasteiger partial charge is 0.248 e. The molecule has 1 fully saturated rings. The molecule has 3 rings (SSSR count). The summed E-state index contributed by atoms with van der Waals surface area (Å²) in [6.07, 6.45) is 3.54. The van der Waals surface area contributed by atoms with Crippen LogP contribution in [0, 0.1) is 0 Å². The first-order valence-corrected chi connectivity index (χ1v) is 7.61. The highest BCUT2D eigenvalue weighted by molar-refractivity contribution is 7.15. The number of anilines is 1. The average Bonchev–Trinajstić information content (AvgIpc) is 3.09. The fourth-order valence-electron chi connectivity index (χ4n) is 2.25. The molecule has 1 aliphatic rings. The number of nitrogens with one attached hydrogen (secondary N) is 2. The van der Waals surface area contributed by atoms with E-state index in [-0.39, 0.29) is 11.8 Å². The molecule has 2 heterocycles. The van der Waals surface area contributed by atoms with E-state index in [1.54, 1.807) is 6.20 Å². The third-order valence-corrected chi connectivity index (χ3v) is 4.23. The number of rotatable bonds is 4. The summed E-state index contributed by atoms with van der Waals surface area (Å²) in [7, 11) is 0. The molecule has 1 saturated heterocycles. The predicted octanol–water partition coefficient (Wildman–Crippen LogP) is 1.95. The zero-order valence-electron chi connectivity index (χ0n) is 11.3. The van der Waals surface area contributed by atoms with Crippen LogP contribution in [0.1, 0.15) is 23.3 Å². The minimum absolute atomic E-state index is 0.0703. The fourth-order valence-corrected chi connectivity index (χ4v) is 3.10. The Hall–Kier alpha value is -2.21. The molecule has 6 heteroatoms. The topological polar surface area (TPSA) is 71.1 Å². The molecule has 0 radical (unpaired) electrons. The Bertz CT molecular complexity index is 654. The van der Waals surface area contributed by atoms with Crippen molar-refractivity contribution < 1.29 is 9.59 Å². The van der Waals surface area contributed by atoms with Gasteiger partial charge in [-0.25, -0.2) is 4.98 Å². The van der Waals surface area contributed by atoms with Gasteiger partial charge in [0.05, 0.1) is 0 Å². The van der Waals surface area contributed by atoms with Gasteiger partial charge >= 0.3 is 0 Å². The van der Waals surface area contributed by atoms with Crippen molar-refractivity contribution in [1.82, 2.24) is 10.3 Å². The van der Waals surface area contributed by atoms with Crippen LogP contribution in [-0.2, 0) is 16.0 Å². The van der Waals surface area contributed by atoms with Crippen molar-refractivity contribution in [3.8, 4) is 0 Å². The third-order valence-electron chi connectivity index (χ3n) is 3.32. The van der Waals surface area contributed by atoms with Gasteiger partial charge in [-0.1, -0.05) is 30.3 Å². The summed E-state index contributed by atoms with van der Waals surface area (Å²) in [5.74, 6) is -0.263. The summed E-state index contributed by atoms with van der Waals surface area (Å²) in [5, 5.41) is 5.99. The van der Waals surface area contributed by atoms with Crippen molar-refractivity contribution >= 4 is 28.3 Å². The highest BCUT2D eigenvalue weighted by atomic mass is 32.1. The number of hydrogen-bond acceptors (Lipinski definition) is 4. The highest BCUT2D eigenvalue weighted by Gasteiger charge is 2.27. The Morgan fingerprint density at radius 1 is 1.38 bits per heavy atom. The van der Waals surface area contributed by atoms with Gasteiger partial charge in [0.15, 0.2) is 5.13 Å². The predicted molar refractivity (Wildman–Crippen MR) is 81.2 cm³/mol. The van der Waals surface area contributed by atoms with E-state index in [4.69, 9.17) is 0 Å². The number of carbonyl (C=O) groups excluding carboxylic acids is 2. The van der Waals surface area contributed by atoms with E-state index in [1.165, 1.54) is 16.9 Å². The SMILES string of the molecule is O=C1CCC(C(=O)Nc2ncc(Cc3ccccc3)s2)N1. The number of thiazole rings is 1. The van der Waals surface area contributed by atoms with E-state index in [0.717, 1.165) is 11.3 Å². The van der Waals surface area contributed by atoms with Gasteiger partial charge in [-0.05, 0) is 12.0 Å². The minimum atomic E-state index is -0.432. The molecule has 2 N–H and O–H groups in total. The summed E-state index contributed by atoms with van der Waals surface area (Å²) < 4.78 is 0. The molecule has 108 valence electrons. The van der Waals surface area contributed by atoms with Crippen molar-refractivity contribution in [2.75, 3.05) is 5.32 Å². The largest absolute Gasteiger partial charge is 0.344 e. The average molecular weight is 301 g/mol. The molecule has 2 aromatic rings. The maximum atomic E-state index is 12.0. The van der Waals surface area contributed by atoms with Gasteiger partial charge in [-0.2, -0.15) is 0 Å². The number of nitrogens with zero attached hydrogens (tertiary/aromatic N) is 1. The van der Waals surface area contributed by atoms with Crippen molar-refractivity contribution in [2.45, 2.75) is 25.3 Å². The molecular weight excluding hydrogens is 286 g/mol. The second-order valence-corrected chi connectivity index (χ2v) is 6.06. The number of benzene rings is 1. The lowest BCUT2D eigenvalue weighted by Crippen LogP contribution is -2.37. The van der Waals surface area contributed by atoms with E-state index >= 15 is 0 Å². The molecule has 0 bridgehead atoms. The Morgan fingerprint density at radius 2 is 2.19 bits per heavy atom. The van der Waals surface area contributed by atoms with E-state index in [2.05, 4.69) is 27.8 Å². The first kappa shape index (κ1) is 13.8. The molecule has 2 amide bonds. The molecule has 0 spiro atoms. The Kier molecular flexibility index (Phi) is 3.96. The third kappa shape index (κ3) is 3.46. The molecule has 1 aliphatic heterocycles. The molecule has 1 unspecified atom stereocenters. The number of carbonyl (C=O) groups is 2. The highest BCUT2D eigenvalue weighted by Crippen LogP contribution is 2.21. The van der Waals surface area contributed by atoms with Crippen LogP contribution in [0.15, 0.2) is 36.5 Å². The zero-order chi connectivity index (χ0) is 14.7. The summed E-state index contributed by atoms with van der Waals surface area (Å²) >= 11 is 1.46. The van der Waals surface area contributed by atoms with E-state index in [0.29, 0.717) is 18.0 Å². The van der Waals surface area contributed by atoms with Crippen LogP contribution in [0.3, 0.4) is 0 Å². The van der Waals surface area contributed by atoms with Crippen LogP contribution in [0.2, 0.25) is 0 Å². The molecule has 0 aliphatic carbocycles. The maximum absolute atomic E-state index is 12.0. The second kappa shape index (κ2) is 6.05. The van der Waals surface area contributed by atoms with E-state index < -0.39 is 6.04 Å². The zero-order valence-corrected chi connectivity index (χ0v) is 12.2. The van der Waals surface area contributed by atoms with E-state index in [1.807, 2.05) is 18.2 Å². The summed E-state index contributed by atoms with van der Waals surface area (Å²) in [4.78, 5) is 28.4. The molecule has 21 heavy (non-hydrogen) atoms. The van der Waals surface area contributed by atoms with Crippen LogP contribution >= 0.6 is 11.3 Å². The monoisotopic (exact) mass is 301 g/mol. The minimum Gasteiger partial charge on any atom is -0.344 e. The van der Waals surface area contributed by atoms with Crippen LogP contribution in [0.4, 0.5) is 5.13 Å². The number of hydrogen-bond donors (Lipinski definition) is 2. The number of amides is 2. The van der Waals surface area contributed by atoms with Crippen LogP contribution < -0.4 is 10.6 Å². The first-order valence-electron chi connectivity index (χ1n) is 6.79. The van der Waals surface area contributed by atoms with Crippen molar-refractivity contribution in [2.24, 2.45) is 0 Å². The molecular formula is C15H15N3O2S. The maximum Gasteiger partial charge on any atom is 0.248 e. The van der Waals surface area contributed by atoms with Gasteiger partial charge < -0.3 is 10.6 Å². The van der Waals surface area contributed by atoms with Gasteiger partial charge in [-0.15, -0.1) is 11.3 Å². The van der Waals surface area contributed by atoms with Gasteiger partial charge in [0, 0.05) is 23.9 Å². The molecule has 1 aromatic heterocycles. The van der Waals surface area contributed by atoms with Crippen molar-refractivity contribution in [1.29, 1.82) is 0 Å². The van der Waals surface area contributed by atoms with E-state index in [9.17, 15) is 9.59 Å². The van der Waals surface area contributed by atoms with Crippen LogP contribution in [0.25, 0.3) is 0 Å². The van der Waals surface area contributed by atoms with Crippen LogP contribution in [-0.4, -0.2) is 22.8 Å². The van der Waals surface area contributed by atoms with Gasteiger partial charge in [-0.3, -0.25) is 9.59 Å². The lowest BCUT2D eigenvalue weighted by atomic mass is 10.1. The number of aromatic nitrogens is 1. The summed E-state index contributed by atoms with van der Waals surface area (Å²) in [6, 6.07) is 9.68. The Labute approximate surface area is 126 Å². The lowest BCUT2D eigenvalue weighted by molar-refractivity contribution is -0.122. The van der Waals surface area contributed by atoms with Gasteiger partial charge in [0.1, 0.15) is 6.04 Å². The Balaban J connectivity index is 1.60. The summed E-state index contributed by atoms with van der Waals surface area (Å²) in [6.45, 7) is 0.